The lowest BCUT2D eigenvalue weighted by Gasteiger charge is -2.05. The van der Waals surface area contributed by atoms with Gasteiger partial charge in [0.15, 0.2) is 5.16 Å². The van der Waals surface area contributed by atoms with E-state index in [1.165, 1.54) is 11.8 Å². The minimum Gasteiger partial charge on any atom is -0.231 e. The van der Waals surface area contributed by atoms with Gasteiger partial charge in [-0.25, -0.2) is 9.97 Å². The average molecular weight is 243 g/mol. The molecule has 2 heterocycles. The number of nitrogens with zero attached hydrogens (tertiary/aromatic N) is 5. The van der Waals surface area contributed by atoms with E-state index in [-0.39, 0.29) is 0 Å². The topological polar surface area (TPSA) is 75.3 Å². The van der Waals surface area contributed by atoms with Crippen molar-refractivity contribution in [1.29, 1.82) is 5.26 Å². The Bertz CT molecular complexity index is 576. The third kappa shape index (κ3) is 2.40. The molecule has 0 unspecified atom stereocenters. The molecular weight excluding hydrogens is 234 g/mol. The first-order valence-corrected chi connectivity index (χ1v) is 5.73. The summed E-state index contributed by atoms with van der Waals surface area (Å²) in [5.41, 5.74) is 2.15. The maximum Gasteiger partial charge on any atom is 0.193 e. The van der Waals surface area contributed by atoms with Crippen LogP contribution >= 0.6 is 11.8 Å². The Hall–Kier alpha value is -2.00. The monoisotopic (exact) mass is 243 g/mol. The number of nitriles is 1. The number of aryl methyl sites for hydroxylation is 1. The van der Waals surface area contributed by atoms with Crippen LogP contribution in [0.3, 0.4) is 0 Å². The summed E-state index contributed by atoms with van der Waals surface area (Å²) in [5, 5.41) is 18.3. The van der Waals surface area contributed by atoms with E-state index in [9.17, 15) is 0 Å². The smallest absolute Gasteiger partial charge is 0.193 e. The molecule has 0 fully saturated rings. The molecule has 6 heteroatoms. The summed E-state index contributed by atoms with van der Waals surface area (Å²) < 4.78 is 0. The van der Waals surface area contributed by atoms with Crippen LogP contribution in [0.2, 0.25) is 0 Å². The Morgan fingerprint density at radius 3 is 2.53 bits per heavy atom. The van der Waals surface area contributed by atoms with Crippen LogP contribution < -0.4 is 0 Å². The van der Waals surface area contributed by atoms with Crippen LogP contribution in [0, 0.1) is 25.2 Å². The molecule has 0 saturated heterocycles. The average Bonchev–Trinajstić information content (AvgIpc) is 2.36. The van der Waals surface area contributed by atoms with Gasteiger partial charge in [-0.2, -0.15) is 10.4 Å². The summed E-state index contributed by atoms with van der Waals surface area (Å²) in [6, 6.07) is 3.88. The molecule has 2 aromatic rings. The van der Waals surface area contributed by atoms with Crippen LogP contribution in [0.15, 0.2) is 28.6 Å². The quantitative estimate of drug-likeness (QED) is 0.750. The fraction of sp³-hybridized carbons (Fsp3) is 0.182. The van der Waals surface area contributed by atoms with Crippen molar-refractivity contribution >= 4 is 11.8 Å². The van der Waals surface area contributed by atoms with Gasteiger partial charge in [0.1, 0.15) is 11.1 Å². The van der Waals surface area contributed by atoms with Crippen molar-refractivity contribution in [3.63, 3.8) is 0 Å². The summed E-state index contributed by atoms with van der Waals surface area (Å²) in [6.45, 7) is 3.69. The minimum absolute atomic E-state index is 0.537. The number of aromatic nitrogens is 4. The molecule has 2 aromatic heterocycles. The van der Waals surface area contributed by atoms with Gasteiger partial charge in [-0.1, -0.05) is 0 Å². The molecule has 0 spiro atoms. The zero-order valence-electron chi connectivity index (χ0n) is 9.38. The van der Waals surface area contributed by atoms with E-state index in [0.717, 1.165) is 11.3 Å². The first kappa shape index (κ1) is 11.5. The SMILES string of the molecule is Cc1nnc(Sc2ncccn2)c(C#N)c1C. The molecule has 0 amide bonds. The molecule has 0 aliphatic rings. The number of hydrogen-bond acceptors (Lipinski definition) is 6. The Morgan fingerprint density at radius 2 is 1.88 bits per heavy atom. The fourth-order valence-electron chi connectivity index (χ4n) is 1.21. The van der Waals surface area contributed by atoms with Crippen LogP contribution in [0.25, 0.3) is 0 Å². The zero-order valence-corrected chi connectivity index (χ0v) is 10.2. The summed E-state index contributed by atoms with van der Waals surface area (Å²) in [7, 11) is 0. The second kappa shape index (κ2) is 4.89. The van der Waals surface area contributed by atoms with Crippen LogP contribution in [0.1, 0.15) is 16.8 Å². The van der Waals surface area contributed by atoms with Crippen molar-refractivity contribution < 1.29 is 0 Å². The van der Waals surface area contributed by atoms with Gasteiger partial charge in [0, 0.05) is 12.4 Å². The van der Waals surface area contributed by atoms with Gasteiger partial charge in [0.2, 0.25) is 0 Å². The Labute approximate surface area is 103 Å². The molecule has 0 bridgehead atoms. The molecule has 0 radical (unpaired) electrons. The van der Waals surface area contributed by atoms with Crippen molar-refractivity contribution in [3.8, 4) is 6.07 Å². The summed E-state index contributed by atoms with van der Waals surface area (Å²) in [4.78, 5) is 8.15. The Morgan fingerprint density at radius 1 is 1.18 bits per heavy atom. The predicted molar refractivity (Wildman–Crippen MR) is 62.4 cm³/mol. The summed E-state index contributed by atoms with van der Waals surface area (Å²) in [6.07, 6.45) is 3.30. The molecule has 0 saturated carbocycles. The largest absolute Gasteiger partial charge is 0.231 e. The van der Waals surface area contributed by atoms with Gasteiger partial charge >= 0.3 is 0 Å². The van der Waals surface area contributed by atoms with Gasteiger partial charge in [-0.3, -0.25) is 0 Å². The first-order valence-electron chi connectivity index (χ1n) is 4.91. The second-order valence-electron chi connectivity index (χ2n) is 3.34. The molecule has 0 N–H and O–H groups in total. The van der Waals surface area contributed by atoms with Gasteiger partial charge in [0.25, 0.3) is 0 Å². The highest BCUT2D eigenvalue weighted by atomic mass is 32.2. The van der Waals surface area contributed by atoms with E-state index >= 15 is 0 Å². The van der Waals surface area contributed by atoms with E-state index < -0.39 is 0 Å². The van der Waals surface area contributed by atoms with E-state index in [2.05, 4.69) is 26.2 Å². The van der Waals surface area contributed by atoms with Crippen molar-refractivity contribution in [1.82, 2.24) is 20.2 Å². The number of hydrogen-bond donors (Lipinski definition) is 0. The highest BCUT2D eigenvalue weighted by Crippen LogP contribution is 2.26. The van der Waals surface area contributed by atoms with Crippen LogP contribution in [-0.4, -0.2) is 20.2 Å². The lowest BCUT2D eigenvalue weighted by molar-refractivity contribution is 0.864. The second-order valence-corrected chi connectivity index (χ2v) is 4.29. The van der Waals surface area contributed by atoms with Crippen molar-refractivity contribution in [2.24, 2.45) is 0 Å². The van der Waals surface area contributed by atoms with E-state index in [4.69, 9.17) is 5.26 Å². The Kier molecular flexibility index (Phi) is 3.30. The molecular formula is C11H9N5S. The standard InChI is InChI=1S/C11H9N5S/c1-7-8(2)15-16-10(9(7)6-12)17-11-13-4-3-5-14-11/h3-5H,1-2H3. The lowest BCUT2D eigenvalue weighted by atomic mass is 10.1. The highest BCUT2D eigenvalue weighted by molar-refractivity contribution is 7.99. The van der Waals surface area contributed by atoms with E-state index in [1.807, 2.05) is 13.8 Å². The molecule has 5 nitrogen and oxygen atoms in total. The van der Waals surface area contributed by atoms with Crippen molar-refractivity contribution in [2.75, 3.05) is 0 Å². The number of rotatable bonds is 2. The Balaban J connectivity index is 2.41. The van der Waals surface area contributed by atoms with Crippen LogP contribution in [0.5, 0.6) is 0 Å². The predicted octanol–water partition coefficient (Wildman–Crippen LogP) is 1.91. The normalized spacial score (nSPS) is 9.94. The first-order chi connectivity index (χ1) is 8.22. The van der Waals surface area contributed by atoms with Crippen LogP contribution in [0.4, 0.5) is 0 Å². The van der Waals surface area contributed by atoms with Crippen molar-refractivity contribution in [3.05, 3.63) is 35.3 Å². The minimum atomic E-state index is 0.537. The third-order valence-corrected chi connectivity index (χ3v) is 3.14. The van der Waals surface area contributed by atoms with E-state index in [1.54, 1.807) is 18.5 Å². The van der Waals surface area contributed by atoms with Gasteiger partial charge in [-0.15, -0.1) is 5.10 Å². The molecule has 84 valence electrons. The maximum atomic E-state index is 9.13. The molecule has 0 atom stereocenters. The lowest BCUT2D eigenvalue weighted by Crippen LogP contribution is -1.99. The third-order valence-electron chi connectivity index (χ3n) is 2.26. The molecule has 0 aromatic carbocycles. The summed E-state index contributed by atoms with van der Waals surface area (Å²) in [5.74, 6) is 0. The molecule has 0 aliphatic carbocycles. The zero-order chi connectivity index (χ0) is 12.3. The van der Waals surface area contributed by atoms with Crippen LogP contribution in [-0.2, 0) is 0 Å². The maximum absolute atomic E-state index is 9.13. The molecule has 17 heavy (non-hydrogen) atoms. The molecule has 0 aliphatic heterocycles. The van der Waals surface area contributed by atoms with Crippen molar-refractivity contribution in [2.45, 2.75) is 24.0 Å². The summed E-state index contributed by atoms with van der Waals surface area (Å²) >= 11 is 1.24. The van der Waals surface area contributed by atoms with Gasteiger partial charge in [-0.05, 0) is 37.2 Å². The van der Waals surface area contributed by atoms with Gasteiger partial charge in [0.05, 0.1) is 11.3 Å². The highest BCUT2D eigenvalue weighted by Gasteiger charge is 2.12. The molecule has 2 rings (SSSR count). The van der Waals surface area contributed by atoms with Gasteiger partial charge < -0.3 is 0 Å². The fourth-order valence-corrected chi connectivity index (χ4v) is 2.00. The van der Waals surface area contributed by atoms with E-state index in [0.29, 0.717) is 15.7 Å².